The van der Waals surface area contributed by atoms with Crippen molar-refractivity contribution in [1.29, 1.82) is 0 Å². The van der Waals surface area contributed by atoms with Crippen LogP contribution in [0, 0.1) is 52.3 Å². The number of fused-ring (bicyclic) bond motifs is 5. The molecular formula is C27H46O. The fourth-order valence-corrected chi connectivity index (χ4v) is 9.19. The van der Waals surface area contributed by atoms with E-state index in [1.165, 1.54) is 64.2 Å². The third-order valence-corrected chi connectivity index (χ3v) is 10.6. The van der Waals surface area contributed by atoms with Crippen LogP contribution in [-0.2, 0) is 4.79 Å². The Morgan fingerprint density at radius 2 is 1.64 bits per heavy atom. The Kier molecular flexibility index (Phi) is 5.78. The predicted octanol–water partition coefficient (Wildman–Crippen LogP) is 7.68. The van der Waals surface area contributed by atoms with Crippen molar-refractivity contribution in [2.24, 2.45) is 52.3 Å². The van der Waals surface area contributed by atoms with E-state index in [0.717, 1.165) is 48.3 Å². The molecule has 0 radical (unpaired) electrons. The molecule has 0 aromatic rings. The molecule has 0 bridgehead atoms. The molecule has 4 aliphatic carbocycles. The monoisotopic (exact) mass is 386 g/mol. The molecule has 160 valence electrons. The third kappa shape index (κ3) is 3.31. The van der Waals surface area contributed by atoms with Crippen molar-refractivity contribution in [3.63, 3.8) is 0 Å². The number of carbonyl (C=O) groups excluding carboxylic acids is 1. The molecule has 1 heteroatoms. The van der Waals surface area contributed by atoms with Crippen LogP contribution in [0.25, 0.3) is 0 Å². The van der Waals surface area contributed by atoms with Gasteiger partial charge in [-0.1, -0.05) is 53.9 Å². The summed E-state index contributed by atoms with van der Waals surface area (Å²) >= 11 is 0. The van der Waals surface area contributed by atoms with E-state index in [1.807, 2.05) is 0 Å². The Morgan fingerprint density at radius 3 is 2.39 bits per heavy atom. The molecular weight excluding hydrogens is 340 g/mol. The van der Waals surface area contributed by atoms with Gasteiger partial charge in [-0.3, -0.25) is 4.79 Å². The minimum atomic E-state index is 0.334. The maximum Gasteiger partial charge on any atom is 0.136 e. The van der Waals surface area contributed by atoms with E-state index in [4.69, 9.17) is 0 Å². The number of rotatable bonds is 5. The van der Waals surface area contributed by atoms with Crippen LogP contribution < -0.4 is 0 Å². The van der Waals surface area contributed by atoms with E-state index in [-0.39, 0.29) is 0 Å². The summed E-state index contributed by atoms with van der Waals surface area (Å²) in [7, 11) is 0. The molecule has 0 heterocycles. The van der Waals surface area contributed by atoms with Crippen LogP contribution in [0.2, 0.25) is 0 Å². The van der Waals surface area contributed by atoms with E-state index in [2.05, 4.69) is 34.6 Å². The number of hydrogen-bond donors (Lipinski definition) is 0. The van der Waals surface area contributed by atoms with Gasteiger partial charge in [-0.05, 0) is 97.7 Å². The Bertz CT molecular complexity index is 579. The maximum absolute atomic E-state index is 12.7. The summed E-state index contributed by atoms with van der Waals surface area (Å²) in [5.41, 5.74) is 0.917. The SMILES string of the molecule is CC(C)CCC[C@@H](C)[C@H]1CC[C@H]2[C@@H]3CC[C@@H]4C(=O)CCC[C@]4(C)[C@H]3CC[C@]12C. The van der Waals surface area contributed by atoms with Crippen LogP contribution in [-0.4, -0.2) is 5.78 Å². The second kappa shape index (κ2) is 7.73. The van der Waals surface area contributed by atoms with E-state index in [9.17, 15) is 4.79 Å². The van der Waals surface area contributed by atoms with Crippen LogP contribution >= 0.6 is 0 Å². The molecule has 28 heavy (non-hydrogen) atoms. The second-order valence-corrected chi connectivity index (χ2v) is 12.4. The average molecular weight is 387 g/mol. The molecule has 1 nitrogen and oxygen atoms in total. The summed E-state index contributed by atoms with van der Waals surface area (Å²) in [6.45, 7) is 12.5. The first-order chi connectivity index (χ1) is 13.3. The van der Waals surface area contributed by atoms with Crippen LogP contribution in [0.4, 0.5) is 0 Å². The zero-order valence-corrected chi connectivity index (χ0v) is 19.4. The van der Waals surface area contributed by atoms with Gasteiger partial charge in [-0.15, -0.1) is 0 Å². The van der Waals surface area contributed by atoms with Crippen molar-refractivity contribution in [1.82, 2.24) is 0 Å². The minimum absolute atomic E-state index is 0.334. The van der Waals surface area contributed by atoms with E-state index in [1.54, 1.807) is 0 Å². The summed E-state index contributed by atoms with van der Waals surface area (Å²) in [6.07, 6.45) is 16.0. The van der Waals surface area contributed by atoms with E-state index >= 15 is 0 Å². The van der Waals surface area contributed by atoms with Crippen molar-refractivity contribution in [3.05, 3.63) is 0 Å². The van der Waals surface area contributed by atoms with Crippen LogP contribution in [0.5, 0.6) is 0 Å². The van der Waals surface area contributed by atoms with Crippen molar-refractivity contribution in [2.45, 2.75) is 112 Å². The highest BCUT2D eigenvalue weighted by molar-refractivity contribution is 5.82. The van der Waals surface area contributed by atoms with Crippen molar-refractivity contribution < 1.29 is 4.79 Å². The molecule has 4 fully saturated rings. The lowest BCUT2D eigenvalue weighted by molar-refractivity contribution is -0.149. The van der Waals surface area contributed by atoms with Crippen molar-refractivity contribution in [3.8, 4) is 0 Å². The summed E-state index contributed by atoms with van der Waals surface area (Å²) in [5.74, 6) is 6.41. The summed E-state index contributed by atoms with van der Waals surface area (Å²) in [5, 5.41) is 0. The molecule has 0 spiro atoms. The van der Waals surface area contributed by atoms with Crippen LogP contribution in [0.3, 0.4) is 0 Å². The molecule has 4 rings (SSSR count). The highest BCUT2D eigenvalue weighted by Gasteiger charge is 2.61. The highest BCUT2D eigenvalue weighted by atomic mass is 16.1. The van der Waals surface area contributed by atoms with Gasteiger partial charge < -0.3 is 0 Å². The molecule has 0 N–H and O–H groups in total. The van der Waals surface area contributed by atoms with Crippen molar-refractivity contribution >= 4 is 5.78 Å². The Labute approximate surface area is 174 Å². The molecule has 4 saturated carbocycles. The topological polar surface area (TPSA) is 17.1 Å². The standard InChI is InChI=1S/C27H46O/c1-18(2)8-6-9-19(3)21-13-14-22-20-11-12-24-25(28)10-7-16-26(24,4)23(20)15-17-27(21,22)5/h18-24H,6-17H2,1-5H3/t19-,20+,21-,22+,23+,24-,26-,27-/m1/s1. The number of Topliss-reactive ketones (excluding diaryl/α,β-unsaturated/α-hetero) is 1. The summed E-state index contributed by atoms with van der Waals surface area (Å²) < 4.78 is 0. The average Bonchev–Trinajstić information content (AvgIpc) is 2.98. The minimum Gasteiger partial charge on any atom is -0.299 e. The second-order valence-electron chi connectivity index (χ2n) is 12.4. The summed E-state index contributed by atoms with van der Waals surface area (Å²) in [4.78, 5) is 12.7. The lowest BCUT2D eigenvalue weighted by Gasteiger charge is -2.60. The third-order valence-electron chi connectivity index (χ3n) is 10.6. The first-order valence-electron chi connectivity index (χ1n) is 12.8. The van der Waals surface area contributed by atoms with Gasteiger partial charge in [0.05, 0.1) is 0 Å². The quantitative estimate of drug-likeness (QED) is 0.473. The molecule has 4 aliphatic rings. The van der Waals surface area contributed by atoms with Gasteiger partial charge in [0.15, 0.2) is 0 Å². The van der Waals surface area contributed by atoms with Crippen LogP contribution in [0.15, 0.2) is 0 Å². The molecule has 0 amide bonds. The number of carbonyl (C=O) groups is 1. The Balaban J connectivity index is 1.48. The predicted molar refractivity (Wildman–Crippen MR) is 118 cm³/mol. The van der Waals surface area contributed by atoms with Gasteiger partial charge in [-0.2, -0.15) is 0 Å². The van der Waals surface area contributed by atoms with E-state index < -0.39 is 0 Å². The highest BCUT2D eigenvalue weighted by Crippen LogP contribution is 2.68. The fourth-order valence-electron chi connectivity index (χ4n) is 9.19. The first kappa shape index (κ1) is 20.9. The maximum atomic E-state index is 12.7. The zero-order chi connectivity index (χ0) is 20.1. The largest absolute Gasteiger partial charge is 0.299 e. The molecule has 0 saturated heterocycles. The van der Waals surface area contributed by atoms with Crippen molar-refractivity contribution in [2.75, 3.05) is 0 Å². The van der Waals surface area contributed by atoms with Gasteiger partial charge in [-0.25, -0.2) is 0 Å². The van der Waals surface area contributed by atoms with Crippen LogP contribution in [0.1, 0.15) is 112 Å². The van der Waals surface area contributed by atoms with Gasteiger partial charge in [0.25, 0.3) is 0 Å². The Morgan fingerprint density at radius 1 is 0.893 bits per heavy atom. The molecule has 0 aromatic carbocycles. The molecule has 0 aromatic heterocycles. The number of ketones is 1. The molecule has 0 unspecified atom stereocenters. The lowest BCUT2D eigenvalue weighted by atomic mass is 9.44. The van der Waals surface area contributed by atoms with E-state index in [0.29, 0.717) is 22.5 Å². The summed E-state index contributed by atoms with van der Waals surface area (Å²) in [6, 6.07) is 0. The Hall–Kier alpha value is -0.330. The molecule has 0 aliphatic heterocycles. The molecule has 8 atom stereocenters. The first-order valence-corrected chi connectivity index (χ1v) is 12.8. The zero-order valence-electron chi connectivity index (χ0n) is 19.4. The van der Waals surface area contributed by atoms with Gasteiger partial charge >= 0.3 is 0 Å². The van der Waals surface area contributed by atoms with Gasteiger partial charge in [0, 0.05) is 12.3 Å². The van der Waals surface area contributed by atoms with Gasteiger partial charge in [0.2, 0.25) is 0 Å². The normalized spacial score (nSPS) is 46.8. The van der Waals surface area contributed by atoms with Gasteiger partial charge in [0.1, 0.15) is 5.78 Å². The lowest BCUT2D eigenvalue weighted by Crippen LogP contribution is -2.54. The fraction of sp³-hybridized carbons (Fsp3) is 0.963. The smallest absolute Gasteiger partial charge is 0.136 e. The number of hydrogen-bond acceptors (Lipinski definition) is 1.